The summed E-state index contributed by atoms with van der Waals surface area (Å²) in [6.07, 6.45) is 5.33. The number of nitrogens with zero attached hydrogens (tertiary/aromatic N) is 1. The smallest absolute Gasteiger partial charge is 0.862 e. The molecule has 3 fully saturated rings. The molecule has 0 radical (unpaired) electrons. The predicted molar refractivity (Wildman–Crippen MR) is 301 cm³/mol. The number of amides is 1. The summed E-state index contributed by atoms with van der Waals surface area (Å²) in [4.78, 5) is 30.0. The molecule has 1 amide bonds. The van der Waals surface area contributed by atoms with Crippen LogP contribution in [0.5, 0.6) is 0 Å². The van der Waals surface area contributed by atoms with E-state index in [0.29, 0.717) is 12.8 Å². The summed E-state index contributed by atoms with van der Waals surface area (Å²) in [5.74, 6) is -6.30. The summed E-state index contributed by atoms with van der Waals surface area (Å²) in [5, 5.41) is 145. The van der Waals surface area contributed by atoms with Crippen molar-refractivity contribution in [1.82, 2.24) is 5.32 Å². The number of nitrogens with one attached hydrogen (secondary N) is 1. The number of allylic oxidation sites excluding steroid dienone is 1. The average Bonchev–Trinajstić information content (AvgIpc) is 3.65. The van der Waals surface area contributed by atoms with Gasteiger partial charge in [0, 0.05) is 12.8 Å². The minimum Gasteiger partial charge on any atom is -0.862 e. The summed E-state index contributed by atoms with van der Waals surface area (Å²) in [5.41, 5.74) is 0. The number of aliphatic carboxylic acids is 1. The fraction of sp³-hybridized carbons (Fsp3) is 0.915. The Labute approximate surface area is 514 Å². The Morgan fingerprint density at radius 2 is 1.17 bits per heavy atom. The van der Waals surface area contributed by atoms with Crippen LogP contribution in [0, 0.1) is 0 Å². The van der Waals surface area contributed by atoms with Crippen molar-refractivity contribution in [3.05, 3.63) is 12.2 Å². The second kappa shape index (κ2) is 44.0. The molecule has 0 saturated carbocycles. The third-order valence-electron chi connectivity index (χ3n) is 15.9. The Hall–Kier alpha value is -1.53. The number of rotatable bonds is 45. The van der Waals surface area contributed by atoms with Crippen molar-refractivity contribution in [1.29, 1.82) is 0 Å². The maximum absolute atomic E-state index is 13.4. The molecule has 3 saturated heterocycles. The number of hydrogen-bond acceptors (Lipinski definition) is 21. The van der Waals surface area contributed by atoms with Gasteiger partial charge in [-0.3, -0.25) is 9.79 Å². The van der Waals surface area contributed by atoms with Crippen LogP contribution >= 0.6 is 0 Å². The molecule has 0 aliphatic carbocycles. The number of carbonyl (C=O) groups is 2. The van der Waals surface area contributed by atoms with Crippen LogP contribution in [-0.4, -0.2) is 215 Å². The largest absolute Gasteiger partial charge is 1.00 e. The molecule has 0 aromatic carbocycles. The summed E-state index contributed by atoms with van der Waals surface area (Å²) < 4.78 is 34.6. The zero-order valence-electron chi connectivity index (χ0n) is 50.3. The number of carboxylic acid groups (broad SMARTS) is 1. The monoisotopic (exact) mass is 1200 g/mol. The first-order valence-electron chi connectivity index (χ1n) is 31.0. The van der Waals surface area contributed by atoms with E-state index in [0.717, 1.165) is 51.9 Å². The van der Waals surface area contributed by atoms with E-state index in [4.69, 9.17) is 28.4 Å². The van der Waals surface area contributed by atoms with Gasteiger partial charge in [0.2, 0.25) is 5.91 Å². The molecule has 0 aromatic rings. The van der Waals surface area contributed by atoms with E-state index in [2.05, 4.69) is 24.2 Å². The van der Waals surface area contributed by atoms with Crippen LogP contribution in [0.2, 0.25) is 0 Å². The van der Waals surface area contributed by atoms with Gasteiger partial charge in [0.25, 0.3) is 5.79 Å². The molecule has 0 unspecified atom stereocenters. The van der Waals surface area contributed by atoms with Gasteiger partial charge in [-0.05, 0) is 32.1 Å². The van der Waals surface area contributed by atoms with Gasteiger partial charge in [-0.2, -0.15) is 0 Å². The molecule has 480 valence electrons. The van der Waals surface area contributed by atoms with Gasteiger partial charge >= 0.3 is 35.5 Å². The second-order valence-electron chi connectivity index (χ2n) is 22.8. The van der Waals surface area contributed by atoms with Gasteiger partial charge in [-0.25, -0.2) is 4.79 Å². The molecule has 3 aliphatic rings. The first kappa shape index (κ1) is 77.6. The van der Waals surface area contributed by atoms with Crippen LogP contribution in [0.3, 0.4) is 0 Å². The fourth-order valence-electron chi connectivity index (χ4n) is 10.9. The molecule has 3 aliphatic heterocycles. The Morgan fingerprint density at radius 3 is 1.65 bits per heavy atom. The summed E-state index contributed by atoms with van der Waals surface area (Å²) in [7, 11) is 0. The molecular weight excluding hydrogens is 1100 g/mol. The van der Waals surface area contributed by atoms with E-state index in [9.17, 15) is 76.0 Å². The van der Waals surface area contributed by atoms with E-state index in [1.165, 1.54) is 116 Å². The van der Waals surface area contributed by atoms with Crippen LogP contribution in [0.25, 0.3) is 0 Å². The van der Waals surface area contributed by atoms with Crippen molar-refractivity contribution in [2.24, 2.45) is 4.99 Å². The van der Waals surface area contributed by atoms with Gasteiger partial charge in [0.15, 0.2) is 12.6 Å². The van der Waals surface area contributed by atoms with Crippen LogP contribution < -0.4 is 40.0 Å². The molecular formula is C59H107N2NaO21. The summed E-state index contributed by atoms with van der Waals surface area (Å²) in [6.45, 7) is 2.02. The minimum atomic E-state index is -3.10. The van der Waals surface area contributed by atoms with Crippen LogP contribution in [0.4, 0.5) is 0 Å². The maximum Gasteiger partial charge on any atom is 1.00 e. The first-order valence-corrected chi connectivity index (χ1v) is 31.0. The minimum absolute atomic E-state index is 0. The fourth-order valence-corrected chi connectivity index (χ4v) is 10.9. The normalized spacial score (nSPS) is 30.2. The van der Waals surface area contributed by atoms with Gasteiger partial charge in [0.1, 0.15) is 73.2 Å². The Balaban J connectivity index is 0.0000235. The van der Waals surface area contributed by atoms with Crippen LogP contribution in [-0.2, 0) is 38.0 Å². The number of carbonyl (C=O) groups excluding carboxylic acids is 1. The third kappa shape index (κ3) is 27.4. The predicted octanol–water partition coefficient (Wildman–Crippen LogP) is -0.188. The van der Waals surface area contributed by atoms with Crippen LogP contribution in [0.1, 0.15) is 207 Å². The van der Waals surface area contributed by atoms with Crippen molar-refractivity contribution < 1.29 is 134 Å². The zero-order valence-corrected chi connectivity index (χ0v) is 52.3. The number of ether oxygens (including phenoxy) is 6. The third-order valence-corrected chi connectivity index (χ3v) is 15.9. The summed E-state index contributed by atoms with van der Waals surface area (Å²) in [6, 6.07) is -2.74. The van der Waals surface area contributed by atoms with E-state index >= 15 is 0 Å². The number of unbranched alkanes of at least 4 members (excludes halogenated alkanes) is 25. The zero-order chi connectivity index (χ0) is 60.5. The molecule has 0 spiro atoms. The number of hydrogen-bond donors (Lipinski definition) is 13. The molecule has 0 bridgehead atoms. The number of aliphatic hydroxyl groups is 11. The van der Waals surface area contributed by atoms with Crippen molar-refractivity contribution in [3.63, 3.8) is 0 Å². The second-order valence-corrected chi connectivity index (χ2v) is 22.8. The molecule has 0 aromatic heterocycles. The Morgan fingerprint density at radius 1 is 0.675 bits per heavy atom. The van der Waals surface area contributed by atoms with Crippen molar-refractivity contribution >= 4 is 17.8 Å². The molecule has 3 heterocycles. The quantitative estimate of drug-likeness (QED) is 0.0124. The molecule has 24 heteroatoms. The number of aliphatic imine (C=N–C) groups is 1. The molecule has 83 heavy (non-hydrogen) atoms. The van der Waals surface area contributed by atoms with E-state index in [1.54, 1.807) is 6.08 Å². The van der Waals surface area contributed by atoms with E-state index < -0.39 is 155 Å². The maximum atomic E-state index is 13.4. The van der Waals surface area contributed by atoms with Crippen LogP contribution in [0.15, 0.2) is 17.1 Å². The van der Waals surface area contributed by atoms with Crippen molar-refractivity contribution in [2.45, 2.75) is 317 Å². The molecule has 23 nitrogen and oxygen atoms in total. The molecule has 13 N–H and O–H groups in total. The topological polar surface area (TPSA) is 380 Å². The van der Waals surface area contributed by atoms with Crippen molar-refractivity contribution in [2.75, 3.05) is 26.4 Å². The Bertz CT molecular complexity index is 1750. The standard InChI is InChI=1S/C59H108N2O21.Na/c1-4-6-8-10-12-14-16-18-19-21-23-25-27-29-31-33-46(69)61-40(41(66)32-30-28-26-24-22-20-17-15-13-11-9-7-5-2)38-77-56-51(73)50(72)53(45(37-64)79-56)80-57-52(74)55(49(71)44(36-63)78-57)82-59(58(75)76)34-42(67)47(60-39(3)65)54(81-59)48(70)43(68)35-62;/h30,32,40-45,47-57,62-64,66-68,70-74H,4-29,31,33-38H2,1-3H3,(H,60,65)(H,61,69)(H,75,76);/q;+1/p-1/b32-30+;/t40-,41+,42-,43+,44+,45+,47+,48+,49-,50+,51+,52+,53+,54+,55-,56+,57-,59-;/m0./s1. The molecule has 3 rings (SSSR count). The van der Waals surface area contributed by atoms with Gasteiger partial charge < -0.3 is 100 Å². The number of aliphatic hydroxyl groups excluding tert-OH is 11. The van der Waals surface area contributed by atoms with Gasteiger partial charge in [0.05, 0.1) is 44.7 Å². The van der Waals surface area contributed by atoms with Gasteiger partial charge in [-0.15, -0.1) is 0 Å². The molecule has 18 atom stereocenters. The van der Waals surface area contributed by atoms with Crippen molar-refractivity contribution in [3.8, 4) is 0 Å². The SMILES string of the molecule is CCCCCCCCCCCCC/C=C/[C@@H](O)[C@H](CO[C@@H]1O[C@H](CO)[C@@H](O[C@@H]2O[C@H](CO)[C@H](O)[C@H](O[C@]3(C(=O)O)C[C@H](O)[C@@H](N=C(C)[O-])[C@H]([C@H](O)[C@H](O)CO)O3)[C@H]2O)[C@H](O)[C@H]1O)NC(=O)CCCCCCCCCCCCCCCCC.[Na+]. The first-order chi connectivity index (χ1) is 39.4. The Kier molecular flexibility index (Phi) is 41.1. The number of carboxylic acids is 1. The summed E-state index contributed by atoms with van der Waals surface area (Å²) >= 11 is 0. The average molecular weight is 1200 g/mol. The van der Waals surface area contributed by atoms with E-state index in [1.807, 2.05) is 6.08 Å². The van der Waals surface area contributed by atoms with E-state index in [-0.39, 0.29) is 41.9 Å². The van der Waals surface area contributed by atoms with Gasteiger partial charge in [-0.1, -0.05) is 180 Å².